The summed E-state index contributed by atoms with van der Waals surface area (Å²) in [6, 6.07) is 0. The first-order chi connectivity index (χ1) is 9.25. The van der Waals surface area contributed by atoms with Gasteiger partial charge in [-0.05, 0) is 38.5 Å². The van der Waals surface area contributed by atoms with Gasteiger partial charge in [-0.25, -0.2) is 0 Å². The van der Waals surface area contributed by atoms with E-state index in [4.69, 9.17) is 0 Å². The molecule has 21 heavy (non-hydrogen) atoms. The van der Waals surface area contributed by atoms with Crippen LogP contribution in [0.1, 0.15) is 80.1 Å². The van der Waals surface area contributed by atoms with Crippen molar-refractivity contribution in [1.82, 2.24) is 0 Å². The van der Waals surface area contributed by atoms with E-state index in [1.165, 1.54) is 0 Å². The molecule has 0 bridgehead atoms. The molecule has 0 aromatic carbocycles. The van der Waals surface area contributed by atoms with Gasteiger partial charge in [0.05, 0.1) is 0 Å². The average Bonchev–Trinajstić information content (AvgIpc) is 2.44. The maximum absolute atomic E-state index is 10.6. The quantitative estimate of drug-likeness (QED) is 0.604. The zero-order valence-electron chi connectivity index (χ0n) is 14.6. The van der Waals surface area contributed by atoms with Crippen molar-refractivity contribution in [3.05, 3.63) is 0 Å². The van der Waals surface area contributed by atoms with Crippen molar-refractivity contribution in [2.75, 3.05) is 0 Å². The Kier molecular flexibility index (Phi) is 16.2. The number of aliphatic carboxylic acids is 2. The number of carbonyl (C=O) groups is 2. The summed E-state index contributed by atoms with van der Waals surface area (Å²) in [5.74, 6) is -1.81. The van der Waals surface area contributed by atoms with Crippen molar-refractivity contribution in [3.8, 4) is 0 Å². The number of carboxylic acid groups (broad SMARTS) is 2. The van der Waals surface area contributed by atoms with E-state index >= 15 is 0 Å². The zero-order chi connectivity index (χ0) is 16.4. The number of carbonyl (C=O) groups excluding carboxylic acids is 2. The summed E-state index contributed by atoms with van der Waals surface area (Å²) in [4.78, 5) is 21.2. The van der Waals surface area contributed by atoms with Gasteiger partial charge in [0.1, 0.15) is 0 Å². The minimum absolute atomic E-state index is 0. The first-order valence-corrected chi connectivity index (χ1v) is 7.68. The van der Waals surface area contributed by atoms with Gasteiger partial charge in [0.25, 0.3) is 0 Å². The first kappa shape index (κ1) is 26.3. The van der Waals surface area contributed by atoms with Crippen LogP contribution in [0.5, 0.6) is 0 Å². The molecule has 0 amide bonds. The van der Waals surface area contributed by atoms with Crippen LogP contribution in [0, 0.1) is 10.8 Å². The van der Waals surface area contributed by atoms with Gasteiger partial charge in [-0.2, -0.15) is 0 Å². The molecule has 0 atom stereocenters. The Balaban J connectivity index is -0.000000295. The fourth-order valence-corrected chi connectivity index (χ4v) is 2.37. The summed E-state index contributed by atoms with van der Waals surface area (Å²) < 4.78 is 0. The summed E-state index contributed by atoms with van der Waals surface area (Å²) in [7, 11) is 0. The molecular weight excluding hydrogens is 344 g/mol. The number of carboxylic acids is 2. The van der Waals surface area contributed by atoms with Crippen molar-refractivity contribution in [1.29, 1.82) is 0 Å². The van der Waals surface area contributed by atoms with Gasteiger partial charge >= 0.3 is 45.5 Å². The van der Waals surface area contributed by atoms with Gasteiger partial charge in [-0.3, -0.25) is 0 Å². The van der Waals surface area contributed by atoms with Gasteiger partial charge in [0.15, 0.2) is 0 Å². The zero-order valence-corrected chi connectivity index (χ0v) is 18.1. The predicted octanol–water partition coefficient (Wildman–Crippen LogP) is 1.52. The van der Waals surface area contributed by atoms with E-state index in [0.29, 0.717) is 38.5 Å². The van der Waals surface area contributed by atoms with E-state index in [0.717, 1.165) is 0 Å². The van der Waals surface area contributed by atoms with Crippen molar-refractivity contribution >= 4 is 57.4 Å². The fraction of sp³-hybridized carbons (Fsp3) is 0.875. The monoisotopic (exact) mass is 374 g/mol. The Morgan fingerprint density at radius 3 is 0.762 bits per heavy atom. The molecule has 0 spiro atoms. The van der Waals surface area contributed by atoms with Crippen LogP contribution in [0.2, 0.25) is 0 Å². The number of rotatable bonds is 8. The van der Waals surface area contributed by atoms with E-state index in [1.807, 2.05) is 41.5 Å². The predicted molar refractivity (Wildman–Crippen MR) is 82.4 cm³/mol. The summed E-state index contributed by atoms with van der Waals surface area (Å²) in [6.45, 7) is 11.3. The Labute approximate surface area is 167 Å². The minimum atomic E-state index is -0.903. The smallest absolute Gasteiger partial charge is 0.550 e. The van der Waals surface area contributed by atoms with Crippen LogP contribution in [-0.4, -0.2) is 57.4 Å². The molecule has 0 saturated carbocycles. The van der Waals surface area contributed by atoms with E-state index < -0.39 is 22.8 Å². The van der Waals surface area contributed by atoms with E-state index in [1.54, 1.807) is 0 Å². The summed E-state index contributed by atoms with van der Waals surface area (Å²) in [5, 5.41) is 21.2. The molecule has 4 nitrogen and oxygen atoms in total. The average molecular weight is 374 g/mol. The molecule has 0 aliphatic carbocycles. The van der Waals surface area contributed by atoms with Crippen LogP contribution in [0.3, 0.4) is 0 Å². The second-order valence-corrected chi connectivity index (χ2v) is 5.26. The fourth-order valence-electron chi connectivity index (χ4n) is 2.37. The van der Waals surface area contributed by atoms with Crippen LogP contribution in [-0.2, 0) is 9.59 Å². The molecule has 0 aliphatic rings. The van der Waals surface area contributed by atoms with Gasteiger partial charge in [-0.15, -0.1) is 0 Å². The van der Waals surface area contributed by atoms with Crippen molar-refractivity contribution < 1.29 is 19.8 Å². The van der Waals surface area contributed by atoms with Gasteiger partial charge in [0, 0.05) is 22.8 Å². The summed E-state index contributed by atoms with van der Waals surface area (Å²) in [6.07, 6.45) is 4.01. The maximum Gasteiger partial charge on any atom is 2.00 e. The van der Waals surface area contributed by atoms with Crippen molar-refractivity contribution in [2.45, 2.75) is 80.1 Å². The van der Waals surface area contributed by atoms with Gasteiger partial charge in [0.2, 0.25) is 0 Å². The molecule has 120 valence electrons. The topological polar surface area (TPSA) is 80.3 Å². The van der Waals surface area contributed by atoms with E-state index in [-0.39, 0.29) is 45.5 Å². The minimum Gasteiger partial charge on any atom is -0.550 e. The third-order valence-corrected chi connectivity index (χ3v) is 4.93. The van der Waals surface area contributed by atoms with Crippen LogP contribution in [0.15, 0.2) is 0 Å². The molecule has 0 aromatic rings. The third kappa shape index (κ3) is 7.49. The Morgan fingerprint density at radius 1 is 0.619 bits per heavy atom. The standard InChI is InChI=1S/2C8H16O2.Sr/c2*1-4-8(5-2,6-3)7(9)10;/h2*4-6H2,1-3H3,(H,9,10);/q;;+2/p-2. The summed E-state index contributed by atoms with van der Waals surface area (Å²) in [5.41, 5.74) is -1.14. The van der Waals surface area contributed by atoms with Gasteiger partial charge < -0.3 is 19.8 Å². The van der Waals surface area contributed by atoms with E-state index in [2.05, 4.69) is 0 Å². The molecule has 0 fully saturated rings. The second-order valence-electron chi connectivity index (χ2n) is 5.26. The SMILES string of the molecule is CCC(CC)(CC)C(=O)[O-].CCC(CC)(CC)C(=O)[O-].[Sr+2]. The molecule has 5 heteroatoms. The molecule has 0 aromatic heterocycles. The molecule has 0 saturated heterocycles. The maximum atomic E-state index is 10.6. The molecule has 0 unspecified atom stereocenters. The first-order valence-electron chi connectivity index (χ1n) is 7.68. The van der Waals surface area contributed by atoms with Crippen LogP contribution in [0.25, 0.3) is 0 Å². The molecule has 0 aliphatic heterocycles. The molecule has 0 rings (SSSR count). The normalized spacial score (nSPS) is 11.0. The molecule has 0 heterocycles. The van der Waals surface area contributed by atoms with Crippen LogP contribution >= 0.6 is 0 Å². The van der Waals surface area contributed by atoms with Gasteiger partial charge in [-0.1, -0.05) is 41.5 Å². The Morgan fingerprint density at radius 2 is 0.762 bits per heavy atom. The van der Waals surface area contributed by atoms with Crippen molar-refractivity contribution in [2.24, 2.45) is 10.8 Å². The van der Waals surface area contributed by atoms with E-state index in [9.17, 15) is 19.8 Å². The third-order valence-electron chi connectivity index (χ3n) is 4.93. The van der Waals surface area contributed by atoms with Crippen LogP contribution < -0.4 is 10.2 Å². The largest absolute Gasteiger partial charge is 2.00 e. The Bertz CT molecular complexity index is 248. The van der Waals surface area contributed by atoms with Crippen molar-refractivity contribution in [3.63, 3.8) is 0 Å². The Hall–Kier alpha value is 0.421. The summed E-state index contributed by atoms with van der Waals surface area (Å²) >= 11 is 0. The number of hydrogen-bond acceptors (Lipinski definition) is 4. The van der Waals surface area contributed by atoms with Crippen LogP contribution in [0.4, 0.5) is 0 Å². The number of hydrogen-bond donors (Lipinski definition) is 0. The molecule has 0 radical (unpaired) electrons. The molecule has 0 N–H and O–H groups in total. The second kappa shape index (κ2) is 12.9. The molecular formula is C16H30O4Sr.